The Morgan fingerprint density at radius 2 is 2.27 bits per heavy atom. The van der Waals surface area contributed by atoms with Gasteiger partial charge < -0.3 is 15.8 Å². The first kappa shape index (κ1) is 11.8. The number of halogens is 1. The van der Waals surface area contributed by atoms with Gasteiger partial charge in [0.2, 0.25) is 0 Å². The van der Waals surface area contributed by atoms with Gasteiger partial charge in [-0.2, -0.15) is 0 Å². The lowest BCUT2D eigenvalue weighted by Crippen LogP contribution is -2.20. The maximum Gasteiger partial charge on any atom is 0.125 e. The molecule has 0 aromatic heterocycles. The molecule has 1 aromatic carbocycles. The van der Waals surface area contributed by atoms with E-state index in [0.717, 1.165) is 5.69 Å². The van der Waals surface area contributed by atoms with Gasteiger partial charge in [0.15, 0.2) is 0 Å². The van der Waals surface area contributed by atoms with Crippen molar-refractivity contribution < 1.29 is 9.13 Å². The molecule has 0 saturated heterocycles. The van der Waals surface area contributed by atoms with Crippen molar-refractivity contribution in [2.45, 2.75) is 20.0 Å². The summed E-state index contributed by atoms with van der Waals surface area (Å²) >= 11 is 0. The standard InChI is InChI=1S/C11H17FN2O/c1-3-15-8(2)7-14-11-5-4-9(12)6-10(11)13/h4-6,8,14H,3,7,13H2,1-2H3. The van der Waals surface area contributed by atoms with Gasteiger partial charge in [-0.3, -0.25) is 0 Å². The highest BCUT2D eigenvalue weighted by atomic mass is 19.1. The fraction of sp³-hybridized carbons (Fsp3) is 0.455. The first-order valence-corrected chi connectivity index (χ1v) is 5.04. The summed E-state index contributed by atoms with van der Waals surface area (Å²) in [5, 5.41) is 3.11. The van der Waals surface area contributed by atoms with Gasteiger partial charge in [-0.05, 0) is 32.0 Å². The number of ether oxygens (including phenoxy) is 1. The van der Waals surface area contributed by atoms with Crippen molar-refractivity contribution in [2.75, 3.05) is 24.2 Å². The van der Waals surface area contributed by atoms with Crippen LogP contribution in [0.4, 0.5) is 15.8 Å². The molecule has 15 heavy (non-hydrogen) atoms. The maximum atomic E-state index is 12.7. The summed E-state index contributed by atoms with van der Waals surface area (Å²) < 4.78 is 18.1. The van der Waals surface area contributed by atoms with Crippen molar-refractivity contribution in [3.63, 3.8) is 0 Å². The van der Waals surface area contributed by atoms with E-state index in [1.54, 1.807) is 6.07 Å². The van der Waals surface area contributed by atoms with Gasteiger partial charge in [0.05, 0.1) is 17.5 Å². The molecule has 1 unspecified atom stereocenters. The van der Waals surface area contributed by atoms with E-state index in [0.29, 0.717) is 18.8 Å². The highest BCUT2D eigenvalue weighted by Gasteiger charge is 2.03. The van der Waals surface area contributed by atoms with Crippen molar-refractivity contribution in [2.24, 2.45) is 0 Å². The normalized spacial score (nSPS) is 12.5. The van der Waals surface area contributed by atoms with Gasteiger partial charge in [-0.25, -0.2) is 4.39 Å². The summed E-state index contributed by atoms with van der Waals surface area (Å²) in [4.78, 5) is 0. The lowest BCUT2D eigenvalue weighted by Gasteiger charge is -2.14. The molecule has 0 heterocycles. The number of anilines is 2. The number of nitrogens with one attached hydrogen (secondary N) is 1. The molecular weight excluding hydrogens is 195 g/mol. The van der Waals surface area contributed by atoms with Crippen LogP contribution in [-0.4, -0.2) is 19.3 Å². The van der Waals surface area contributed by atoms with E-state index >= 15 is 0 Å². The molecule has 1 atom stereocenters. The Kier molecular flexibility index (Phi) is 4.37. The molecule has 0 aliphatic rings. The van der Waals surface area contributed by atoms with E-state index in [2.05, 4.69) is 5.32 Å². The molecule has 0 aliphatic heterocycles. The molecule has 0 fully saturated rings. The number of hydrogen-bond acceptors (Lipinski definition) is 3. The van der Waals surface area contributed by atoms with Gasteiger partial charge >= 0.3 is 0 Å². The molecule has 0 amide bonds. The van der Waals surface area contributed by atoms with Gasteiger partial charge in [-0.1, -0.05) is 0 Å². The van der Waals surface area contributed by atoms with E-state index in [1.165, 1.54) is 12.1 Å². The molecule has 1 rings (SSSR count). The smallest absolute Gasteiger partial charge is 0.125 e. The average Bonchev–Trinajstić information content (AvgIpc) is 2.17. The zero-order valence-electron chi connectivity index (χ0n) is 9.09. The molecule has 0 aliphatic carbocycles. The third-order valence-electron chi connectivity index (χ3n) is 2.04. The summed E-state index contributed by atoms with van der Waals surface area (Å²) in [5.41, 5.74) is 6.79. The van der Waals surface area contributed by atoms with Gasteiger partial charge in [0.25, 0.3) is 0 Å². The van der Waals surface area contributed by atoms with Gasteiger partial charge in [-0.15, -0.1) is 0 Å². The Labute approximate surface area is 89.4 Å². The lowest BCUT2D eigenvalue weighted by atomic mass is 10.2. The first-order valence-electron chi connectivity index (χ1n) is 5.04. The van der Waals surface area contributed by atoms with Crippen molar-refractivity contribution >= 4 is 11.4 Å². The van der Waals surface area contributed by atoms with Crippen LogP contribution in [0.1, 0.15) is 13.8 Å². The minimum atomic E-state index is -0.323. The van der Waals surface area contributed by atoms with Crippen molar-refractivity contribution in [1.82, 2.24) is 0 Å². The second kappa shape index (κ2) is 5.56. The SMILES string of the molecule is CCOC(C)CNc1ccc(F)cc1N. The van der Waals surface area contributed by atoms with Crippen molar-refractivity contribution in [1.29, 1.82) is 0 Å². The van der Waals surface area contributed by atoms with Crippen LogP contribution in [0.5, 0.6) is 0 Å². The van der Waals surface area contributed by atoms with Crippen molar-refractivity contribution in [3.8, 4) is 0 Å². The van der Waals surface area contributed by atoms with Crippen LogP contribution in [0.25, 0.3) is 0 Å². The molecular formula is C11H17FN2O. The lowest BCUT2D eigenvalue weighted by molar-refractivity contribution is 0.0855. The molecule has 3 nitrogen and oxygen atoms in total. The largest absolute Gasteiger partial charge is 0.397 e. The molecule has 0 bridgehead atoms. The van der Waals surface area contributed by atoms with Gasteiger partial charge in [0, 0.05) is 13.2 Å². The van der Waals surface area contributed by atoms with E-state index in [4.69, 9.17) is 10.5 Å². The Morgan fingerprint density at radius 3 is 2.87 bits per heavy atom. The van der Waals surface area contributed by atoms with Gasteiger partial charge in [0.1, 0.15) is 5.82 Å². The Balaban J connectivity index is 2.50. The second-order valence-electron chi connectivity index (χ2n) is 3.38. The van der Waals surface area contributed by atoms with Crippen molar-refractivity contribution in [3.05, 3.63) is 24.0 Å². The minimum Gasteiger partial charge on any atom is -0.397 e. The molecule has 84 valence electrons. The molecule has 0 saturated carbocycles. The number of nitrogens with two attached hydrogens (primary N) is 1. The molecule has 3 N–H and O–H groups in total. The fourth-order valence-electron chi connectivity index (χ4n) is 1.29. The maximum absolute atomic E-state index is 12.7. The number of hydrogen-bond donors (Lipinski definition) is 2. The zero-order chi connectivity index (χ0) is 11.3. The highest BCUT2D eigenvalue weighted by molar-refractivity contribution is 5.65. The first-order chi connectivity index (χ1) is 7.13. The molecule has 1 aromatic rings. The third-order valence-corrected chi connectivity index (χ3v) is 2.04. The fourth-order valence-corrected chi connectivity index (χ4v) is 1.29. The van der Waals surface area contributed by atoms with E-state index in [9.17, 15) is 4.39 Å². The number of nitrogen functional groups attached to an aromatic ring is 1. The van der Waals surface area contributed by atoms with Crippen LogP contribution < -0.4 is 11.1 Å². The van der Waals surface area contributed by atoms with Crippen LogP contribution in [0.2, 0.25) is 0 Å². The summed E-state index contributed by atoms with van der Waals surface area (Å²) in [5.74, 6) is -0.323. The van der Waals surface area contributed by atoms with Crippen LogP contribution in [0.15, 0.2) is 18.2 Å². The van der Waals surface area contributed by atoms with Crippen LogP contribution in [-0.2, 0) is 4.74 Å². The average molecular weight is 212 g/mol. The summed E-state index contributed by atoms with van der Waals surface area (Å²) in [7, 11) is 0. The number of benzene rings is 1. The molecule has 4 heteroatoms. The Morgan fingerprint density at radius 1 is 1.53 bits per heavy atom. The second-order valence-corrected chi connectivity index (χ2v) is 3.38. The predicted octanol–water partition coefficient (Wildman–Crippen LogP) is 2.24. The minimum absolute atomic E-state index is 0.111. The van der Waals surface area contributed by atoms with Crippen LogP contribution in [0, 0.1) is 5.82 Å². The Hall–Kier alpha value is -1.29. The zero-order valence-corrected chi connectivity index (χ0v) is 9.09. The van der Waals surface area contributed by atoms with E-state index < -0.39 is 0 Å². The molecule has 0 spiro atoms. The summed E-state index contributed by atoms with van der Waals surface area (Å²) in [6.45, 7) is 5.25. The highest BCUT2D eigenvalue weighted by Crippen LogP contribution is 2.18. The summed E-state index contributed by atoms with van der Waals surface area (Å²) in [6, 6.07) is 4.31. The van der Waals surface area contributed by atoms with Crippen LogP contribution in [0.3, 0.4) is 0 Å². The predicted molar refractivity (Wildman–Crippen MR) is 60.4 cm³/mol. The Bertz CT molecular complexity index is 317. The van der Waals surface area contributed by atoms with Crippen LogP contribution >= 0.6 is 0 Å². The topological polar surface area (TPSA) is 47.3 Å². The monoisotopic (exact) mass is 212 g/mol. The number of rotatable bonds is 5. The third kappa shape index (κ3) is 3.75. The van der Waals surface area contributed by atoms with E-state index in [-0.39, 0.29) is 11.9 Å². The summed E-state index contributed by atoms with van der Waals surface area (Å²) in [6.07, 6.45) is 0.111. The van der Waals surface area contributed by atoms with E-state index in [1.807, 2.05) is 13.8 Å². The quantitative estimate of drug-likeness (QED) is 0.736. The molecule has 0 radical (unpaired) electrons.